The van der Waals surface area contributed by atoms with Crippen LogP contribution >= 0.6 is 0 Å². The van der Waals surface area contributed by atoms with Gasteiger partial charge in [-0.1, -0.05) is 0 Å². The molecular weight excluding hydrogens is 135 g/mol. The first kappa shape index (κ1) is 12.2. The summed E-state index contributed by atoms with van der Waals surface area (Å²) in [5, 5.41) is 17.5. The van der Waals surface area contributed by atoms with Gasteiger partial charge in [-0.2, -0.15) is 0 Å². The molecule has 0 unspecified atom stereocenters. The Morgan fingerprint density at radius 3 is 2.30 bits per heavy atom. The minimum Gasteiger partial charge on any atom is -0.539 e. The molecular formula is C4H5LiO5. The largest absolute Gasteiger partial charge is 1.00 e. The van der Waals surface area contributed by atoms with Crippen molar-refractivity contribution in [1.29, 1.82) is 0 Å². The molecule has 0 fully saturated rings. The van der Waals surface area contributed by atoms with Crippen molar-refractivity contribution in [2.75, 3.05) is 13.2 Å². The number of aliphatic hydroxyl groups is 1. The van der Waals surface area contributed by atoms with Crippen molar-refractivity contribution in [2.24, 2.45) is 0 Å². The van der Waals surface area contributed by atoms with Crippen LogP contribution < -0.4 is 24.0 Å². The van der Waals surface area contributed by atoms with Gasteiger partial charge in [0.1, 0.15) is 6.61 Å². The van der Waals surface area contributed by atoms with Gasteiger partial charge in [0.25, 0.3) is 0 Å². The summed E-state index contributed by atoms with van der Waals surface area (Å²) >= 11 is 0. The molecule has 0 atom stereocenters. The SMILES string of the molecule is O=C([O-])C(=O)OCCO.[Li+]. The van der Waals surface area contributed by atoms with Crippen molar-refractivity contribution in [1.82, 2.24) is 0 Å². The molecule has 0 aromatic rings. The molecule has 0 aliphatic carbocycles. The zero-order valence-corrected chi connectivity index (χ0v) is 5.49. The van der Waals surface area contributed by atoms with Crippen LogP contribution in [0.1, 0.15) is 0 Å². The third-order valence-corrected chi connectivity index (χ3v) is 0.491. The fourth-order valence-corrected chi connectivity index (χ4v) is 0.197. The maximum Gasteiger partial charge on any atom is 1.00 e. The Hall–Kier alpha value is -0.503. The minimum atomic E-state index is -1.90. The number of carboxylic acids is 1. The van der Waals surface area contributed by atoms with Crippen molar-refractivity contribution in [3.8, 4) is 0 Å². The van der Waals surface area contributed by atoms with Crippen LogP contribution in [0.25, 0.3) is 0 Å². The summed E-state index contributed by atoms with van der Waals surface area (Å²) in [7, 11) is 0. The number of aliphatic hydroxyl groups excluding tert-OH is 1. The van der Waals surface area contributed by atoms with E-state index in [2.05, 4.69) is 4.74 Å². The topological polar surface area (TPSA) is 86.7 Å². The summed E-state index contributed by atoms with van der Waals surface area (Å²) in [5.41, 5.74) is 0. The van der Waals surface area contributed by atoms with E-state index >= 15 is 0 Å². The van der Waals surface area contributed by atoms with Gasteiger partial charge in [0.15, 0.2) is 5.97 Å². The number of esters is 1. The third-order valence-electron chi connectivity index (χ3n) is 0.491. The molecule has 0 aromatic carbocycles. The van der Waals surface area contributed by atoms with E-state index in [1.165, 1.54) is 0 Å². The molecule has 0 aliphatic rings. The molecule has 0 heterocycles. The maximum absolute atomic E-state index is 9.91. The summed E-state index contributed by atoms with van der Waals surface area (Å²) in [6, 6.07) is 0. The van der Waals surface area contributed by atoms with E-state index in [9.17, 15) is 14.7 Å². The molecule has 0 spiro atoms. The standard InChI is InChI=1S/C4H6O5.Li/c5-1-2-9-4(8)3(6)7;/h5H,1-2H2,(H,6,7);/q;+1/p-1. The van der Waals surface area contributed by atoms with Gasteiger partial charge < -0.3 is 19.7 Å². The molecule has 0 saturated carbocycles. The molecule has 1 N–H and O–H groups in total. The van der Waals surface area contributed by atoms with E-state index in [0.29, 0.717) is 0 Å². The van der Waals surface area contributed by atoms with E-state index in [1.807, 2.05) is 0 Å². The molecule has 0 bridgehead atoms. The molecule has 10 heavy (non-hydrogen) atoms. The number of carbonyl (C=O) groups is 2. The van der Waals surface area contributed by atoms with Crippen LogP contribution in [0, 0.1) is 0 Å². The molecule has 0 radical (unpaired) electrons. The second-order valence-electron chi connectivity index (χ2n) is 1.15. The van der Waals surface area contributed by atoms with Crippen LogP contribution in [0.15, 0.2) is 0 Å². The Kier molecular flexibility index (Phi) is 8.07. The fourth-order valence-electron chi connectivity index (χ4n) is 0.197. The monoisotopic (exact) mass is 140 g/mol. The van der Waals surface area contributed by atoms with Gasteiger partial charge in [-0.05, 0) is 0 Å². The Morgan fingerprint density at radius 1 is 1.50 bits per heavy atom. The number of ether oxygens (including phenoxy) is 1. The van der Waals surface area contributed by atoms with Gasteiger partial charge in [0, 0.05) is 0 Å². The first-order valence-electron chi connectivity index (χ1n) is 2.17. The van der Waals surface area contributed by atoms with Crippen LogP contribution in [0.4, 0.5) is 0 Å². The fraction of sp³-hybridized carbons (Fsp3) is 0.500. The second kappa shape index (κ2) is 6.62. The number of hydrogen-bond donors (Lipinski definition) is 1. The van der Waals surface area contributed by atoms with Crippen LogP contribution in [0.5, 0.6) is 0 Å². The molecule has 5 nitrogen and oxygen atoms in total. The van der Waals surface area contributed by atoms with Gasteiger partial charge in [0.05, 0.1) is 6.61 Å². The van der Waals surface area contributed by atoms with Crippen molar-refractivity contribution in [3.05, 3.63) is 0 Å². The second-order valence-corrected chi connectivity index (χ2v) is 1.15. The van der Waals surface area contributed by atoms with Crippen molar-refractivity contribution in [2.45, 2.75) is 0 Å². The van der Waals surface area contributed by atoms with Gasteiger partial charge in [0.2, 0.25) is 0 Å². The van der Waals surface area contributed by atoms with Crippen LogP contribution in [0.3, 0.4) is 0 Å². The summed E-state index contributed by atoms with van der Waals surface area (Å²) < 4.78 is 3.90. The molecule has 0 aromatic heterocycles. The Morgan fingerprint density at radius 2 is 2.00 bits per heavy atom. The Balaban J connectivity index is 0. The molecule has 0 amide bonds. The van der Waals surface area contributed by atoms with E-state index in [-0.39, 0.29) is 32.1 Å². The van der Waals surface area contributed by atoms with E-state index in [4.69, 9.17) is 5.11 Å². The predicted molar refractivity (Wildman–Crippen MR) is 23.1 cm³/mol. The van der Waals surface area contributed by atoms with Crippen LogP contribution in [-0.2, 0) is 14.3 Å². The third kappa shape index (κ3) is 5.63. The minimum absolute atomic E-state index is 0. The molecule has 52 valence electrons. The zero-order chi connectivity index (χ0) is 7.28. The number of aliphatic carboxylic acids is 1. The smallest absolute Gasteiger partial charge is 0.539 e. The van der Waals surface area contributed by atoms with Crippen molar-refractivity contribution < 1.29 is 43.4 Å². The number of carboxylic acid groups (broad SMARTS) is 1. The van der Waals surface area contributed by atoms with Crippen LogP contribution in [-0.4, -0.2) is 30.3 Å². The van der Waals surface area contributed by atoms with Gasteiger partial charge >= 0.3 is 24.8 Å². The predicted octanol–water partition coefficient (Wildman–Crippen LogP) is -5.72. The molecule has 0 aliphatic heterocycles. The summed E-state index contributed by atoms with van der Waals surface area (Å²) in [6.07, 6.45) is 0. The number of hydrogen-bond acceptors (Lipinski definition) is 5. The van der Waals surface area contributed by atoms with Gasteiger partial charge in [-0.3, -0.25) is 0 Å². The Bertz CT molecular complexity index is 123. The maximum atomic E-state index is 9.91. The first-order chi connectivity index (χ1) is 4.18. The van der Waals surface area contributed by atoms with Gasteiger partial charge in [-0.15, -0.1) is 0 Å². The molecule has 6 heteroatoms. The normalized spacial score (nSPS) is 7.70. The van der Waals surface area contributed by atoms with E-state index in [0.717, 1.165) is 0 Å². The van der Waals surface area contributed by atoms with E-state index < -0.39 is 11.9 Å². The van der Waals surface area contributed by atoms with E-state index in [1.54, 1.807) is 0 Å². The Labute approximate surface area is 69.2 Å². The number of carbonyl (C=O) groups excluding carboxylic acids is 2. The summed E-state index contributed by atoms with van der Waals surface area (Å²) in [6.45, 7) is -0.703. The van der Waals surface area contributed by atoms with Crippen LogP contribution in [0.2, 0.25) is 0 Å². The average Bonchev–Trinajstić information content (AvgIpc) is 1.82. The molecule has 0 rings (SSSR count). The van der Waals surface area contributed by atoms with Crippen molar-refractivity contribution in [3.63, 3.8) is 0 Å². The molecule has 0 saturated heterocycles. The van der Waals surface area contributed by atoms with Crippen molar-refractivity contribution >= 4 is 11.9 Å². The average molecular weight is 140 g/mol. The number of rotatable bonds is 2. The first-order valence-corrected chi connectivity index (χ1v) is 2.17. The summed E-state index contributed by atoms with van der Waals surface area (Å²) in [4.78, 5) is 19.4. The summed E-state index contributed by atoms with van der Waals surface area (Å²) in [5.74, 6) is -3.35. The zero-order valence-electron chi connectivity index (χ0n) is 5.49. The quantitative estimate of drug-likeness (QED) is 0.234. The van der Waals surface area contributed by atoms with Gasteiger partial charge in [-0.25, -0.2) is 4.79 Å².